The van der Waals surface area contributed by atoms with Crippen LogP contribution in [0.2, 0.25) is 0 Å². The van der Waals surface area contributed by atoms with Gasteiger partial charge in [-0.2, -0.15) is 0 Å². The van der Waals surface area contributed by atoms with E-state index in [-0.39, 0.29) is 36.6 Å². The molecule has 7 nitrogen and oxygen atoms in total. The highest BCUT2D eigenvalue weighted by Crippen LogP contribution is 2.48. The van der Waals surface area contributed by atoms with Crippen molar-refractivity contribution in [1.82, 2.24) is 9.80 Å². The number of hydrogen-bond acceptors (Lipinski definition) is 6. The first-order chi connectivity index (χ1) is 15.4. The molecule has 0 unspecified atom stereocenters. The minimum Gasteiger partial charge on any atom is -0.497 e. The van der Waals surface area contributed by atoms with E-state index in [9.17, 15) is 14.4 Å². The Balaban J connectivity index is 1.63. The number of hydrogen-bond donors (Lipinski definition) is 0. The molecule has 3 heterocycles. The molecule has 7 heteroatoms. The molecular formula is C25H34N2O5. The van der Waals surface area contributed by atoms with Crippen LogP contribution in [-0.2, 0) is 25.7 Å². The first kappa shape index (κ1) is 22.8. The first-order valence-corrected chi connectivity index (χ1v) is 11.7. The molecule has 0 radical (unpaired) electrons. The second-order valence-electron chi connectivity index (χ2n) is 9.62. The first-order valence-electron chi connectivity index (χ1n) is 11.7. The highest BCUT2D eigenvalue weighted by atomic mass is 16.5. The molecule has 1 aromatic rings. The van der Waals surface area contributed by atoms with Crippen molar-refractivity contribution < 1.29 is 23.9 Å². The van der Waals surface area contributed by atoms with Crippen LogP contribution in [0.5, 0.6) is 5.75 Å². The van der Waals surface area contributed by atoms with Gasteiger partial charge in [0.05, 0.1) is 20.6 Å². The highest BCUT2D eigenvalue weighted by Gasteiger charge is 2.62. The third-order valence-electron chi connectivity index (χ3n) is 7.62. The summed E-state index contributed by atoms with van der Waals surface area (Å²) in [6, 6.07) is 7.60. The maximum Gasteiger partial charge on any atom is 0.321 e. The maximum atomic E-state index is 13.4. The van der Waals surface area contributed by atoms with Crippen LogP contribution in [0.4, 0.5) is 0 Å². The van der Waals surface area contributed by atoms with E-state index in [1.54, 1.807) is 7.11 Å². The summed E-state index contributed by atoms with van der Waals surface area (Å²) >= 11 is 0. The van der Waals surface area contributed by atoms with Crippen molar-refractivity contribution in [3.05, 3.63) is 29.8 Å². The number of esters is 1. The molecule has 0 saturated carbocycles. The lowest BCUT2D eigenvalue weighted by Crippen LogP contribution is -2.61. The zero-order valence-corrected chi connectivity index (χ0v) is 19.3. The van der Waals surface area contributed by atoms with Crippen LogP contribution < -0.4 is 4.74 Å². The van der Waals surface area contributed by atoms with E-state index in [1.165, 1.54) is 7.11 Å². The molecule has 3 aliphatic heterocycles. The Hall–Kier alpha value is -2.41. The predicted molar refractivity (Wildman–Crippen MR) is 119 cm³/mol. The third-order valence-corrected chi connectivity index (χ3v) is 7.62. The van der Waals surface area contributed by atoms with Gasteiger partial charge in [-0.1, -0.05) is 19.1 Å². The molecule has 3 saturated heterocycles. The van der Waals surface area contributed by atoms with E-state index in [4.69, 9.17) is 9.47 Å². The van der Waals surface area contributed by atoms with Gasteiger partial charge in [0.1, 0.15) is 5.75 Å². The Kier molecular flexibility index (Phi) is 6.56. The van der Waals surface area contributed by atoms with Crippen molar-refractivity contribution in [2.75, 3.05) is 27.3 Å². The number of likely N-dealkylation sites (tertiary alicyclic amines) is 1. The van der Waals surface area contributed by atoms with E-state index in [0.29, 0.717) is 32.0 Å². The molecule has 1 aromatic carbocycles. The number of fused-ring (bicyclic) bond motifs is 2. The number of ketones is 1. The second-order valence-corrected chi connectivity index (χ2v) is 9.62. The SMILES string of the molecule is COC(=O)[C@]1(CC(=O)N2CCC[C@@H](C)C2)C(=O)C[C@H]2CC[C@H]1N2Cc1cccc(OC)c1. The molecule has 32 heavy (non-hydrogen) atoms. The van der Waals surface area contributed by atoms with Crippen molar-refractivity contribution in [2.45, 2.75) is 64.1 Å². The molecule has 174 valence electrons. The molecular weight excluding hydrogens is 408 g/mol. The Labute approximate surface area is 190 Å². The van der Waals surface area contributed by atoms with Gasteiger partial charge >= 0.3 is 5.97 Å². The molecule has 4 atom stereocenters. The molecule has 0 aliphatic carbocycles. The lowest BCUT2D eigenvalue weighted by molar-refractivity contribution is -0.171. The van der Waals surface area contributed by atoms with Gasteiger partial charge in [0.15, 0.2) is 11.2 Å². The lowest BCUT2D eigenvalue weighted by atomic mass is 9.69. The van der Waals surface area contributed by atoms with Gasteiger partial charge in [0, 0.05) is 38.1 Å². The Bertz CT molecular complexity index is 887. The maximum absolute atomic E-state index is 13.4. The van der Waals surface area contributed by atoms with Crippen molar-refractivity contribution in [3.8, 4) is 5.75 Å². The summed E-state index contributed by atoms with van der Waals surface area (Å²) in [5, 5.41) is 0. The summed E-state index contributed by atoms with van der Waals surface area (Å²) in [6.45, 7) is 4.12. The molecule has 3 fully saturated rings. The third kappa shape index (κ3) is 4.03. The summed E-state index contributed by atoms with van der Waals surface area (Å²) in [5.74, 6) is 0.391. The average molecular weight is 443 g/mol. The molecule has 0 spiro atoms. The van der Waals surface area contributed by atoms with Crippen molar-refractivity contribution in [2.24, 2.45) is 11.3 Å². The van der Waals surface area contributed by atoms with E-state index < -0.39 is 11.4 Å². The van der Waals surface area contributed by atoms with Crippen molar-refractivity contribution >= 4 is 17.7 Å². The Morgan fingerprint density at radius 3 is 2.72 bits per heavy atom. The number of amides is 1. The van der Waals surface area contributed by atoms with Gasteiger partial charge in [0.2, 0.25) is 5.91 Å². The molecule has 0 N–H and O–H groups in total. The largest absolute Gasteiger partial charge is 0.497 e. The van der Waals surface area contributed by atoms with Gasteiger partial charge in [-0.25, -0.2) is 0 Å². The van der Waals surface area contributed by atoms with Gasteiger partial charge in [-0.05, 0) is 49.3 Å². The van der Waals surface area contributed by atoms with Crippen molar-refractivity contribution in [3.63, 3.8) is 0 Å². The molecule has 0 aromatic heterocycles. The number of carbonyl (C=O) groups is 3. The summed E-state index contributed by atoms with van der Waals surface area (Å²) in [5.41, 5.74) is -0.371. The van der Waals surface area contributed by atoms with Gasteiger partial charge in [-0.15, -0.1) is 0 Å². The monoisotopic (exact) mass is 442 g/mol. The molecule has 3 aliphatic rings. The molecule has 4 rings (SSSR count). The van der Waals surface area contributed by atoms with E-state index in [2.05, 4.69) is 11.8 Å². The lowest BCUT2D eigenvalue weighted by Gasteiger charge is -2.46. The van der Waals surface area contributed by atoms with Crippen LogP contribution in [0, 0.1) is 11.3 Å². The van der Waals surface area contributed by atoms with Crippen LogP contribution in [0.1, 0.15) is 51.0 Å². The number of nitrogens with zero attached hydrogens (tertiary/aromatic N) is 2. The molecule has 2 bridgehead atoms. The van der Waals surface area contributed by atoms with Crippen LogP contribution in [-0.4, -0.2) is 66.9 Å². The van der Waals surface area contributed by atoms with E-state index in [1.807, 2.05) is 29.2 Å². The smallest absolute Gasteiger partial charge is 0.321 e. The van der Waals surface area contributed by atoms with Crippen LogP contribution in [0.3, 0.4) is 0 Å². The average Bonchev–Trinajstić information content (AvgIpc) is 3.11. The van der Waals surface area contributed by atoms with E-state index in [0.717, 1.165) is 30.6 Å². The number of Topliss-reactive ketones (excluding diaryl/α,β-unsaturated/α-hetero) is 1. The number of benzene rings is 1. The summed E-state index contributed by atoms with van der Waals surface area (Å²) < 4.78 is 10.5. The fourth-order valence-electron chi connectivity index (χ4n) is 5.97. The Morgan fingerprint density at radius 2 is 2.00 bits per heavy atom. The van der Waals surface area contributed by atoms with Gasteiger partial charge in [0.25, 0.3) is 0 Å². The van der Waals surface area contributed by atoms with Crippen LogP contribution >= 0.6 is 0 Å². The number of methoxy groups -OCH3 is 2. The summed E-state index contributed by atoms with van der Waals surface area (Å²) in [7, 11) is 2.95. The van der Waals surface area contributed by atoms with Gasteiger partial charge in [-0.3, -0.25) is 19.3 Å². The topological polar surface area (TPSA) is 76.2 Å². The quantitative estimate of drug-likeness (QED) is 0.498. The number of ether oxygens (including phenoxy) is 2. The fourth-order valence-corrected chi connectivity index (χ4v) is 5.97. The van der Waals surface area contributed by atoms with Crippen molar-refractivity contribution in [1.29, 1.82) is 0 Å². The normalized spacial score (nSPS) is 30.3. The van der Waals surface area contributed by atoms with Crippen LogP contribution in [0.15, 0.2) is 24.3 Å². The molecule has 1 amide bonds. The number of piperidine rings is 2. The summed E-state index contributed by atoms with van der Waals surface area (Å²) in [4.78, 5) is 44.1. The van der Waals surface area contributed by atoms with E-state index >= 15 is 0 Å². The predicted octanol–water partition coefficient (Wildman–Crippen LogP) is 2.81. The fraction of sp³-hybridized carbons (Fsp3) is 0.640. The second kappa shape index (κ2) is 9.22. The number of rotatable bonds is 6. The number of carbonyl (C=O) groups excluding carboxylic acids is 3. The highest BCUT2D eigenvalue weighted by molar-refractivity contribution is 6.08. The zero-order valence-electron chi connectivity index (χ0n) is 19.3. The van der Waals surface area contributed by atoms with Gasteiger partial charge < -0.3 is 14.4 Å². The standard InChI is InChI=1S/C25H34N2O5/c1-17-6-5-11-26(15-17)23(29)14-25(24(30)32-3)21-10-9-19(13-22(25)28)27(21)16-18-7-4-8-20(12-18)31-2/h4,7-8,12,17,19,21H,5-6,9-11,13-16H2,1-3H3/t17-,19-,21-,25+/m1/s1. The minimum absolute atomic E-state index is 0.0848. The Morgan fingerprint density at radius 1 is 1.19 bits per heavy atom. The van der Waals surface area contributed by atoms with Crippen LogP contribution in [0.25, 0.3) is 0 Å². The summed E-state index contributed by atoms with van der Waals surface area (Å²) in [6.07, 6.45) is 3.78. The zero-order chi connectivity index (χ0) is 22.9. The minimum atomic E-state index is -1.43.